The molecule has 0 radical (unpaired) electrons. The molecular formula is C25H27ClN2O4. The average Bonchev–Trinajstić information content (AvgIpc) is 2.80. The van der Waals surface area contributed by atoms with Gasteiger partial charge in [-0.2, -0.15) is 0 Å². The van der Waals surface area contributed by atoms with Crippen LogP contribution < -0.4 is 20.1 Å². The number of amides is 1. The van der Waals surface area contributed by atoms with E-state index in [-0.39, 0.29) is 12.5 Å². The zero-order valence-electron chi connectivity index (χ0n) is 18.1. The fourth-order valence-corrected chi connectivity index (χ4v) is 3.42. The molecule has 0 unspecified atom stereocenters. The highest BCUT2D eigenvalue weighted by Crippen LogP contribution is 2.36. The molecule has 0 saturated heterocycles. The van der Waals surface area contributed by atoms with E-state index in [1.165, 1.54) is 7.11 Å². The Hall–Kier alpha value is -3.06. The molecule has 0 saturated carbocycles. The van der Waals surface area contributed by atoms with Gasteiger partial charge < -0.3 is 25.2 Å². The number of carbonyl (C=O) groups is 1. The minimum atomic E-state index is -0.608. The third-order valence-electron chi connectivity index (χ3n) is 4.82. The number of aliphatic hydroxyl groups excluding tert-OH is 1. The van der Waals surface area contributed by atoms with Crippen LogP contribution >= 0.6 is 11.6 Å². The fourth-order valence-electron chi connectivity index (χ4n) is 3.13. The van der Waals surface area contributed by atoms with E-state index in [9.17, 15) is 9.90 Å². The summed E-state index contributed by atoms with van der Waals surface area (Å²) in [6.45, 7) is 2.65. The Kier molecular flexibility index (Phi) is 8.50. The second kappa shape index (κ2) is 11.5. The van der Waals surface area contributed by atoms with Crippen molar-refractivity contribution in [2.75, 3.05) is 25.6 Å². The van der Waals surface area contributed by atoms with Gasteiger partial charge >= 0.3 is 0 Å². The first-order valence-corrected chi connectivity index (χ1v) is 10.6. The Morgan fingerprint density at radius 1 is 1.09 bits per heavy atom. The topological polar surface area (TPSA) is 79.8 Å². The number of anilines is 1. The molecule has 1 amide bonds. The molecule has 32 heavy (non-hydrogen) atoms. The van der Waals surface area contributed by atoms with E-state index in [4.69, 9.17) is 21.1 Å². The lowest BCUT2D eigenvalue weighted by Gasteiger charge is -2.16. The number of halogens is 1. The van der Waals surface area contributed by atoms with Crippen molar-refractivity contribution in [3.8, 4) is 11.5 Å². The molecule has 3 aromatic carbocycles. The summed E-state index contributed by atoms with van der Waals surface area (Å²) in [6, 6.07) is 20.5. The molecule has 0 spiro atoms. The van der Waals surface area contributed by atoms with Gasteiger partial charge in [0.25, 0.3) is 5.91 Å². The molecule has 0 heterocycles. The van der Waals surface area contributed by atoms with Gasteiger partial charge in [0.2, 0.25) is 0 Å². The molecule has 0 aromatic heterocycles. The van der Waals surface area contributed by atoms with E-state index in [2.05, 4.69) is 10.6 Å². The molecule has 3 aromatic rings. The van der Waals surface area contributed by atoms with Gasteiger partial charge in [-0.15, -0.1) is 0 Å². The molecule has 0 fully saturated rings. The highest BCUT2D eigenvalue weighted by molar-refractivity contribution is 6.32. The van der Waals surface area contributed by atoms with Crippen molar-refractivity contribution in [1.29, 1.82) is 0 Å². The van der Waals surface area contributed by atoms with E-state index >= 15 is 0 Å². The molecular weight excluding hydrogens is 428 g/mol. The summed E-state index contributed by atoms with van der Waals surface area (Å²) in [4.78, 5) is 12.2. The number of hydrogen-bond acceptors (Lipinski definition) is 5. The van der Waals surface area contributed by atoms with Crippen LogP contribution in [0.15, 0.2) is 66.7 Å². The Labute approximate surface area is 193 Å². The zero-order valence-corrected chi connectivity index (χ0v) is 18.9. The van der Waals surface area contributed by atoms with Crippen molar-refractivity contribution >= 4 is 23.2 Å². The minimum absolute atomic E-state index is 0.204. The van der Waals surface area contributed by atoms with Gasteiger partial charge in [-0.3, -0.25) is 4.79 Å². The smallest absolute Gasteiger partial charge is 0.262 e. The Balaban J connectivity index is 1.55. The summed E-state index contributed by atoms with van der Waals surface area (Å²) in [7, 11) is 1.52. The number of aliphatic hydroxyl groups is 1. The van der Waals surface area contributed by atoms with Crippen LogP contribution in [0.3, 0.4) is 0 Å². The van der Waals surface area contributed by atoms with Crippen molar-refractivity contribution in [3.05, 3.63) is 88.4 Å². The van der Waals surface area contributed by atoms with Gasteiger partial charge in [-0.1, -0.05) is 59.6 Å². The number of ether oxygens (including phenoxy) is 2. The maximum absolute atomic E-state index is 12.2. The highest BCUT2D eigenvalue weighted by atomic mass is 35.5. The number of nitrogens with one attached hydrogen (secondary N) is 2. The first-order chi connectivity index (χ1) is 15.5. The van der Waals surface area contributed by atoms with Gasteiger partial charge in [-0.05, 0) is 42.3 Å². The van der Waals surface area contributed by atoms with Gasteiger partial charge in [0.15, 0.2) is 18.1 Å². The summed E-state index contributed by atoms with van der Waals surface area (Å²) in [5.74, 6) is 0.440. The molecule has 0 aliphatic heterocycles. The maximum Gasteiger partial charge on any atom is 0.262 e. The second-order valence-corrected chi connectivity index (χ2v) is 7.78. The fraction of sp³-hybridized carbons (Fsp3) is 0.240. The lowest BCUT2D eigenvalue weighted by atomic mass is 10.1. The molecule has 3 rings (SSSR count). The van der Waals surface area contributed by atoms with Crippen LogP contribution in [0.2, 0.25) is 5.02 Å². The number of methoxy groups -OCH3 is 1. The first kappa shape index (κ1) is 23.6. The molecule has 0 aliphatic rings. The van der Waals surface area contributed by atoms with Crippen LogP contribution in [0.5, 0.6) is 11.5 Å². The Morgan fingerprint density at radius 2 is 1.81 bits per heavy atom. The van der Waals surface area contributed by atoms with Gasteiger partial charge in [0.1, 0.15) is 0 Å². The van der Waals surface area contributed by atoms with Crippen molar-refractivity contribution in [3.63, 3.8) is 0 Å². The molecule has 7 heteroatoms. The van der Waals surface area contributed by atoms with Crippen LogP contribution in [-0.4, -0.2) is 31.3 Å². The third-order valence-corrected chi connectivity index (χ3v) is 5.10. The summed E-state index contributed by atoms with van der Waals surface area (Å²) >= 11 is 6.40. The highest BCUT2D eigenvalue weighted by Gasteiger charge is 2.15. The largest absolute Gasteiger partial charge is 0.493 e. The average molecular weight is 455 g/mol. The summed E-state index contributed by atoms with van der Waals surface area (Å²) in [5, 5.41) is 16.6. The quantitative estimate of drug-likeness (QED) is 0.420. The Morgan fingerprint density at radius 3 is 2.50 bits per heavy atom. The van der Waals surface area contributed by atoms with E-state index in [1.807, 2.05) is 61.5 Å². The molecule has 0 bridgehead atoms. The van der Waals surface area contributed by atoms with E-state index < -0.39 is 6.10 Å². The first-order valence-electron chi connectivity index (χ1n) is 10.3. The normalized spacial score (nSPS) is 11.6. The molecule has 6 nitrogen and oxygen atoms in total. The number of carbonyl (C=O) groups excluding carboxylic acids is 1. The van der Waals surface area contributed by atoms with E-state index in [0.29, 0.717) is 35.3 Å². The van der Waals surface area contributed by atoms with Crippen molar-refractivity contribution < 1.29 is 19.4 Å². The summed E-state index contributed by atoms with van der Waals surface area (Å²) in [5.41, 5.74) is 3.52. The zero-order chi connectivity index (χ0) is 22.9. The molecule has 0 aliphatic carbocycles. The number of aryl methyl sites for hydroxylation is 1. The second-order valence-electron chi connectivity index (χ2n) is 7.37. The standard InChI is InChI=1S/C25H27ClN2O4/c1-17-8-10-20(11-9-17)28-24(30)16-32-25-21(26)12-18(13-23(25)31-2)14-27-15-22(29)19-6-4-3-5-7-19/h3-13,22,27,29H,14-16H2,1-2H3,(H,28,30)/t22-/m0/s1. The van der Waals surface area contributed by atoms with Crippen molar-refractivity contribution in [2.45, 2.75) is 19.6 Å². The van der Waals surface area contributed by atoms with Crippen LogP contribution in [0.25, 0.3) is 0 Å². The van der Waals surface area contributed by atoms with Crippen LogP contribution in [-0.2, 0) is 11.3 Å². The molecule has 3 N–H and O–H groups in total. The van der Waals surface area contributed by atoms with Crippen LogP contribution in [0.1, 0.15) is 22.8 Å². The third kappa shape index (κ3) is 6.72. The number of rotatable bonds is 10. The lowest BCUT2D eigenvalue weighted by molar-refractivity contribution is -0.118. The maximum atomic E-state index is 12.2. The molecule has 168 valence electrons. The van der Waals surface area contributed by atoms with Gasteiger partial charge in [0, 0.05) is 18.8 Å². The van der Waals surface area contributed by atoms with Crippen molar-refractivity contribution in [2.24, 2.45) is 0 Å². The van der Waals surface area contributed by atoms with Gasteiger partial charge in [0.05, 0.1) is 18.2 Å². The predicted octanol–water partition coefficient (Wildman–Crippen LogP) is 4.50. The number of benzene rings is 3. The molecule has 1 atom stereocenters. The minimum Gasteiger partial charge on any atom is -0.493 e. The van der Waals surface area contributed by atoms with Crippen molar-refractivity contribution in [1.82, 2.24) is 5.32 Å². The summed E-state index contributed by atoms with van der Waals surface area (Å²) in [6.07, 6.45) is -0.608. The SMILES string of the molecule is COc1cc(CNC[C@H](O)c2ccccc2)cc(Cl)c1OCC(=O)Nc1ccc(C)cc1. The predicted molar refractivity (Wildman–Crippen MR) is 126 cm³/mol. The van der Waals surface area contributed by atoms with E-state index in [0.717, 1.165) is 16.7 Å². The Bertz CT molecular complexity index is 1030. The van der Waals surface area contributed by atoms with E-state index in [1.54, 1.807) is 12.1 Å². The summed E-state index contributed by atoms with van der Waals surface area (Å²) < 4.78 is 11.1. The monoisotopic (exact) mass is 454 g/mol. The van der Waals surface area contributed by atoms with Crippen LogP contribution in [0.4, 0.5) is 5.69 Å². The van der Waals surface area contributed by atoms with Crippen LogP contribution in [0, 0.1) is 6.92 Å². The number of hydrogen-bond donors (Lipinski definition) is 3. The lowest BCUT2D eigenvalue weighted by Crippen LogP contribution is -2.21. The van der Waals surface area contributed by atoms with Gasteiger partial charge in [-0.25, -0.2) is 0 Å².